The van der Waals surface area contributed by atoms with Crippen LogP contribution in [0.4, 0.5) is 0 Å². The second-order valence-electron chi connectivity index (χ2n) is 5.66. The molecule has 0 amide bonds. The van der Waals surface area contributed by atoms with E-state index in [9.17, 15) is 0 Å². The van der Waals surface area contributed by atoms with Gasteiger partial charge in [0.2, 0.25) is 0 Å². The van der Waals surface area contributed by atoms with Crippen LogP contribution in [-0.2, 0) is 4.74 Å². The molecular weight excluding hydrogens is 212 g/mol. The Labute approximate surface area is 106 Å². The lowest BCUT2D eigenvalue weighted by Gasteiger charge is -2.33. The Hall–Kier alpha value is -0.120. The van der Waals surface area contributed by atoms with E-state index >= 15 is 0 Å². The SMILES string of the molecule is CC1OCCC1NCCCN1CCCCC1C. The number of rotatable bonds is 5. The molecule has 2 aliphatic rings. The van der Waals surface area contributed by atoms with Crippen LogP contribution in [0.15, 0.2) is 0 Å². The third kappa shape index (κ3) is 3.94. The molecule has 17 heavy (non-hydrogen) atoms. The first-order chi connectivity index (χ1) is 8.27. The summed E-state index contributed by atoms with van der Waals surface area (Å²) in [5.74, 6) is 0. The summed E-state index contributed by atoms with van der Waals surface area (Å²) < 4.78 is 5.56. The predicted molar refractivity (Wildman–Crippen MR) is 71.3 cm³/mol. The molecule has 2 aliphatic heterocycles. The van der Waals surface area contributed by atoms with E-state index in [1.165, 1.54) is 45.2 Å². The fourth-order valence-electron chi connectivity index (χ4n) is 3.06. The van der Waals surface area contributed by atoms with Gasteiger partial charge in [-0.2, -0.15) is 0 Å². The molecule has 0 aromatic rings. The van der Waals surface area contributed by atoms with E-state index in [0.717, 1.165) is 19.2 Å². The first-order valence-corrected chi connectivity index (χ1v) is 7.36. The van der Waals surface area contributed by atoms with Gasteiger partial charge >= 0.3 is 0 Å². The van der Waals surface area contributed by atoms with Crippen LogP contribution < -0.4 is 5.32 Å². The van der Waals surface area contributed by atoms with E-state index in [1.54, 1.807) is 0 Å². The third-order valence-corrected chi connectivity index (χ3v) is 4.35. The van der Waals surface area contributed by atoms with Crippen LogP contribution in [0.25, 0.3) is 0 Å². The van der Waals surface area contributed by atoms with Crippen LogP contribution in [0.2, 0.25) is 0 Å². The summed E-state index contributed by atoms with van der Waals surface area (Å²) in [6, 6.07) is 1.39. The topological polar surface area (TPSA) is 24.5 Å². The van der Waals surface area contributed by atoms with Crippen molar-refractivity contribution in [3.8, 4) is 0 Å². The maximum absolute atomic E-state index is 5.56. The zero-order valence-corrected chi connectivity index (χ0v) is 11.5. The van der Waals surface area contributed by atoms with Crippen molar-refractivity contribution in [1.82, 2.24) is 10.2 Å². The minimum Gasteiger partial charge on any atom is -0.377 e. The minimum absolute atomic E-state index is 0.406. The second-order valence-corrected chi connectivity index (χ2v) is 5.66. The summed E-state index contributed by atoms with van der Waals surface area (Å²) in [7, 11) is 0. The molecule has 3 heteroatoms. The van der Waals surface area contributed by atoms with E-state index in [4.69, 9.17) is 4.74 Å². The molecule has 0 spiro atoms. The fraction of sp³-hybridized carbons (Fsp3) is 1.00. The van der Waals surface area contributed by atoms with Gasteiger partial charge in [0.25, 0.3) is 0 Å². The van der Waals surface area contributed by atoms with Crippen LogP contribution in [0.3, 0.4) is 0 Å². The summed E-state index contributed by atoms with van der Waals surface area (Å²) in [4.78, 5) is 2.65. The lowest BCUT2D eigenvalue weighted by molar-refractivity contribution is 0.112. The predicted octanol–water partition coefficient (Wildman–Crippen LogP) is 2.02. The molecule has 0 aromatic carbocycles. The van der Waals surface area contributed by atoms with E-state index < -0.39 is 0 Å². The number of nitrogens with one attached hydrogen (secondary N) is 1. The first kappa shape index (κ1) is 13.3. The molecule has 2 saturated heterocycles. The average Bonchev–Trinajstić information content (AvgIpc) is 2.73. The molecule has 2 rings (SSSR count). The monoisotopic (exact) mass is 240 g/mol. The number of likely N-dealkylation sites (tertiary alicyclic amines) is 1. The molecule has 3 atom stereocenters. The summed E-state index contributed by atoms with van der Waals surface area (Å²) >= 11 is 0. The van der Waals surface area contributed by atoms with Crippen LogP contribution in [0.1, 0.15) is 46.0 Å². The zero-order chi connectivity index (χ0) is 12.1. The minimum atomic E-state index is 0.406. The maximum Gasteiger partial charge on any atom is 0.0700 e. The fourth-order valence-corrected chi connectivity index (χ4v) is 3.06. The molecule has 100 valence electrons. The van der Waals surface area contributed by atoms with Crippen LogP contribution in [-0.4, -0.2) is 49.3 Å². The number of ether oxygens (including phenoxy) is 1. The summed E-state index contributed by atoms with van der Waals surface area (Å²) in [5, 5.41) is 3.63. The van der Waals surface area contributed by atoms with Crippen molar-refractivity contribution in [2.24, 2.45) is 0 Å². The first-order valence-electron chi connectivity index (χ1n) is 7.36. The standard InChI is InChI=1S/C14H28N2O/c1-12-6-3-4-9-16(12)10-5-8-15-14-7-11-17-13(14)2/h12-15H,3-11H2,1-2H3. The molecule has 1 N–H and O–H groups in total. The quantitative estimate of drug-likeness (QED) is 0.744. The van der Waals surface area contributed by atoms with E-state index in [-0.39, 0.29) is 0 Å². The smallest absolute Gasteiger partial charge is 0.0700 e. The Morgan fingerprint density at radius 1 is 1.24 bits per heavy atom. The Balaban J connectivity index is 1.56. The molecule has 0 aliphatic carbocycles. The maximum atomic E-state index is 5.56. The number of hydrogen-bond donors (Lipinski definition) is 1. The highest BCUT2D eigenvalue weighted by Crippen LogP contribution is 2.16. The number of piperidine rings is 1. The largest absolute Gasteiger partial charge is 0.377 e. The van der Waals surface area contributed by atoms with Crippen molar-refractivity contribution in [2.45, 2.75) is 64.1 Å². The number of nitrogens with zero attached hydrogens (tertiary/aromatic N) is 1. The van der Waals surface area contributed by atoms with E-state index in [2.05, 4.69) is 24.1 Å². The van der Waals surface area contributed by atoms with Crippen molar-refractivity contribution < 1.29 is 4.74 Å². The molecule has 3 unspecified atom stereocenters. The summed E-state index contributed by atoms with van der Waals surface area (Å²) in [6.45, 7) is 9.20. The van der Waals surface area contributed by atoms with Crippen LogP contribution in [0, 0.1) is 0 Å². The van der Waals surface area contributed by atoms with Gasteiger partial charge in [-0.3, -0.25) is 0 Å². The molecule has 0 saturated carbocycles. The Kier molecular flexibility index (Phi) is 5.26. The molecule has 3 nitrogen and oxygen atoms in total. The van der Waals surface area contributed by atoms with Crippen LogP contribution in [0.5, 0.6) is 0 Å². The molecule has 2 heterocycles. The summed E-state index contributed by atoms with van der Waals surface area (Å²) in [6.07, 6.45) is 7.07. The lowest BCUT2D eigenvalue weighted by Crippen LogP contribution is -2.40. The molecule has 0 aromatic heterocycles. The summed E-state index contributed by atoms with van der Waals surface area (Å²) in [5.41, 5.74) is 0. The van der Waals surface area contributed by atoms with Gasteiger partial charge in [-0.1, -0.05) is 6.42 Å². The lowest BCUT2D eigenvalue weighted by atomic mass is 10.0. The van der Waals surface area contributed by atoms with Gasteiger partial charge in [0, 0.05) is 18.7 Å². The molecule has 0 bridgehead atoms. The van der Waals surface area contributed by atoms with Crippen molar-refractivity contribution in [3.63, 3.8) is 0 Å². The van der Waals surface area contributed by atoms with E-state index in [1.807, 2.05) is 0 Å². The van der Waals surface area contributed by atoms with Gasteiger partial charge in [0.1, 0.15) is 0 Å². The van der Waals surface area contributed by atoms with Gasteiger partial charge in [-0.15, -0.1) is 0 Å². The van der Waals surface area contributed by atoms with Gasteiger partial charge in [-0.25, -0.2) is 0 Å². The van der Waals surface area contributed by atoms with Gasteiger partial charge in [-0.05, 0) is 59.2 Å². The Bertz CT molecular complexity index is 222. The Morgan fingerprint density at radius 2 is 2.12 bits per heavy atom. The van der Waals surface area contributed by atoms with Gasteiger partial charge in [0.05, 0.1) is 6.10 Å². The van der Waals surface area contributed by atoms with Crippen molar-refractivity contribution in [3.05, 3.63) is 0 Å². The third-order valence-electron chi connectivity index (χ3n) is 4.35. The average molecular weight is 240 g/mol. The van der Waals surface area contributed by atoms with E-state index in [0.29, 0.717) is 12.1 Å². The zero-order valence-electron chi connectivity index (χ0n) is 11.5. The van der Waals surface area contributed by atoms with Crippen molar-refractivity contribution >= 4 is 0 Å². The van der Waals surface area contributed by atoms with Crippen molar-refractivity contribution in [2.75, 3.05) is 26.2 Å². The van der Waals surface area contributed by atoms with Crippen LogP contribution >= 0.6 is 0 Å². The molecule has 2 fully saturated rings. The Morgan fingerprint density at radius 3 is 2.82 bits per heavy atom. The molecular formula is C14H28N2O. The number of hydrogen-bond acceptors (Lipinski definition) is 3. The normalized spacial score (nSPS) is 35.3. The van der Waals surface area contributed by atoms with Crippen molar-refractivity contribution in [1.29, 1.82) is 0 Å². The highest BCUT2D eigenvalue weighted by molar-refractivity contribution is 4.79. The highest BCUT2D eigenvalue weighted by Gasteiger charge is 2.23. The highest BCUT2D eigenvalue weighted by atomic mass is 16.5. The second kappa shape index (κ2) is 6.72. The van der Waals surface area contributed by atoms with Gasteiger partial charge in [0.15, 0.2) is 0 Å². The van der Waals surface area contributed by atoms with Gasteiger partial charge < -0.3 is 15.0 Å². The molecule has 0 radical (unpaired) electrons.